The zero-order valence-corrected chi connectivity index (χ0v) is 19.8. The average molecular weight is 520 g/mol. The fourth-order valence-electron chi connectivity index (χ4n) is 3.19. The van der Waals surface area contributed by atoms with Crippen LogP contribution in [-0.2, 0) is 10.0 Å². The van der Waals surface area contributed by atoms with Gasteiger partial charge in [0.1, 0.15) is 27.7 Å². The van der Waals surface area contributed by atoms with E-state index in [2.05, 4.69) is 15.2 Å². The second kappa shape index (κ2) is 9.46. The molecular formula is C23H16Cl2FN3O4S. The normalized spacial score (nSPS) is 11.3. The number of carbonyl (C=O) groups excluding carboxylic acids is 1. The Morgan fingerprint density at radius 2 is 1.68 bits per heavy atom. The fraction of sp³-hybridized carbons (Fsp3) is 0.0435. The van der Waals surface area contributed by atoms with Crippen LogP contribution in [0.5, 0.6) is 0 Å². The molecule has 1 amide bonds. The molecule has 0 spiro atoms. The molecule has 0 radical (unpaired) electrons. The Morgan fingerprint density at radius 1 is 1.00 bits per heavy atom. The van der Waals surface area contributed by atoms with Crippen LogP contribution in [0.3, 0.4) is 0 Å². The molecule has 4 aromatic rings. The molecular weight excluding hydrogens is 504 g/mol. The van der Waals surface area contributed by atoms with Crippen LogP contribution in [0.2, 0.25) is 10.0 Å². The van der Waals surface area contributed by atoms with E-state index in [1.165, 1.54) is 30.3 Å². The minimum atomic E-state index is -4.30. The number of halogens is 3. The number of amides is 1. The molecule has 3 aromatic carbocycles. The Morgan fingerprint density at radius 3 is 2.38 bits per heavy atom. The van der Waals surface area contributed by atoms with Crippen molar-refractivity contribution in [3.8, 4) is 11.3 Å². The molecule has 0 aliphatic carbocycles. The molecule has 34 heavy (non-hydrogen) atoms. The highest BCUT2D eigenvalue weighted by Crippen LogP contribution is 2.32. The van der Waals surface area contributed by atoms with Gasteiger partial charge in [0, 0.05) is 22.0 Å². The Labute approximate surface area is 204 Å². The molecule has 0 bridgehead atoms. The maximum atomic E-state index is 14.4. The first-order valence-corrected chi connectivity index (χ1v) is 12.0. The number of aromatic nitrogens is 1. The molecule has 7 nitrogen and oxygen atoms in total. The molecule has 1 aromatic heterocycles. The molecule has 0 fully saturated rings. The van der Waals surface area contributed by atoms with Crippen molar-refractivity contribution in [2.45, 2.75) is 11.8 Å². The standard InChI is InChI=1S/C23H16Cl2FN3O4S/c1-13-21(22(28-33-13)17-4-2-3-5-18(17)25)23(30)27-16-10-11-19(26)20(12-16)34(31,32)29-15-8-6-14(24)7-9-15/h2-12,29H,1H3,(H,27,30). The quantitative estimate of drug-likeness (QED) is 0.318. The van der Waals surface area contributed by atoms with Crippen LogP contribution >= 0.6 is 23.2 Å². The van der Waals surface area contributed by atoms with Gasteiger partial charge in [-0.05, 0) is 55.5 Å². The van der Waals surface area contributed by atoms with Crippen LogP contribution in [0.4, 0.5) is 15.8 Å². The van der Waals surface area contributed by atoms with Gasteiger partial charge >= 0.3 is 0 Å². The van der Waals surface area contributed by atoms with Gasteiger partial charge in [0.15, 0.2) is 0 Å². The maximum absolute atomic E-state index is 14.4. The number of carbonyl (C=O) groups is 1. The summed E-state index contributed by atoms with van der Waals surface area (Å²) in [5.41, 5.74) is 1.07. The topological polar surface area (TPSA) is 101 Å². The van der Waals surface area contributed by atoms with Crippen molar-refractivity contribution in [2.24, 2.45) is 0 Å². The molecule has 0 saturated heterocycles. The summed E-state index contributed by atoms with van der Waals surface area (Å²) in [6.07, 6.45) is 0. The van der Waals surface area contributed by atoms with Crippen LogP contribution in [0.25, 0.3) is 11.3 Å². The summed E-state index contributed by atoms with van der Waals surface area (Å²) in [6.45, 7) is 1.55. The van der Waals surface area contributed by atoms with Gasteiger partial charge in [0.05, 0.1) is 5.02 Å². The van der Waals surface area contributed by atoms with Crippen molar-refractivity contribution in [2.75, 3.05) is 10.0 Å². The van der Waals surface area contributed by atoms with E-state index in [1.807, 2.05) is 0 Å². The number of benzene rings is 3. The number of hydrogen-bond donors (Lipinski definition) is 2. The van der Waals surface area contributed by atoms with Gasteiger partial charge in [-0.15, -0.1) is 0 Å². The van der Waals surface area contributed by atoms with Crippen molar-refractivity contribution in [1.82, 2.24) is 5.16 Å². The van der Waals surface area contributed by atoms with E-state index in [-0.39, 0.29) is 28.4 Å². The van der Waals surface area contributed by atoms with Crippen molar-refractivity contribution in [3.63, 3.8) is 0 Å². The summed E-state index contributed by atoms with van der Waals surface area (Å²) in [6, 6.07) is 15.9. The van der Waals surface area contributed by atoms with Crippen molar-refractivity contribution >= 4 is 50.5 Å². The monoisotopic (exact) mass is 519 g/mol. The Kier molecular flexibility index (Phi) is 6.60. The lowest BCUT2D eigenvalue weighted by Gasteiger charge is -2.12. The molecule has 0 atom stereocenters. The van der Waals surface area contributed by atoms with Gasteiger partial charge in [-0.2, -0.15) is 0 Å². The van der Waals surface area contributed by atoms with Gasteiger partial charge < -0.3 is 9.84 Å². The number of nitrogens with zero attached hydrogens (tertiary/aromatic N) is 1. The first kappa shape index (κ1) is 23.7. The number of nitrogens with one attached hydrogen (secondary N) is 2. The van der Waals surface area contributed by atoms with Crippen molar-refractivity contribution in [3.05, 3.63) is 93.9 Å². The van der Waals surface area contributed by atoms with E-state index < -0.39 is 26.6 Å². The number of hydrogen-bond acceptors (Lipinski definition) is 5. The van der Waals surface area contributed by atoms with E-state index >= 15 is 0 Å². The molecule has 0 saturated carbocycles. The van der Waals surface area contributed by atoms with Gasteiger partial charge in [-0.3, -0.25) is 9.52 Å². The van der Waals surface area contributed by atoms with Gasteiger partial charge in [0.2, 0.25) is 0 Å². The zero-order chi connectivity index (χ0) is 24.5. The largest absolute Gasteiger partial charge is 0.360 e. The SMILES string of the molecule is Cc1onc(-c2ccccc2Cl)c1C(=O)Nc1ccc(F)c(S(=O)(=O)Nc2ccc(Cl)cc2)c1. The van der Waals surface area contributed by atoms with E-state index in [4.69, 9.17) is 27.7 Å². The molecule has 0 aliphatic heterocycles. The van der Waals surface area contributed by atoms with E-state index in [0.717, 1.165) is 12.1 Å². The molecule has 2 N–H and O–H groups in total. The first-order chi connectivity index (χ1) is 16.2. The van der Waals surface area contributed by atoms with E-state index in [0.29, 0.717) is 15.6 Å². The van der Waals surface area contributed by atoms with Crippen LogP contribution in [0.1, 0.15) is 16.1 Å². The summed E-state index contributed by atoms with van der Waals surface area (Å²) in [5, 5.41) is 7.29. The number of sulfonamides is 1. The minimum Gasteiger partial charge on any atom is -0.360 e. The second-order valence-electron chi connectivity index (χ2n) is 7.15. The number of anilines is 2. The predicted molar refractivity (Wildman–Crippen MR) is 128 cm³/mol. The number of rotatable bonds is 6. The molecule has 0 aliphatic rings. The highest BCUT2D eigenvalue weighted by atomic mass is 35.5. The first-order valence-electron chi connectivity index (χ1n) is 9.76. The second-order valence-corrected chi connectivity index (χ2v) is 9.65. The third-order valence-corrected chi connectivity index (χ3v) is 6.77. The van der Waals surface area contributed by atoms with E-state index in [1.54, 1.807) is 31.2 Å². The molecule has 0 unspecified atom stereocenters. The lowest BCUT2D eigenvalue weighted by atomic mass is 10.1. The average Bonchev–Trinajstić information content (AvgIpc) is 3.18. The fourth-order valence-corrected chi connectivity index (χ4v) is 4.70. The highest BCUT2D eigenvalue weighted by molar-refractivity contribution is 7.92. The smallest absolute Gasteiger partial charge is 0.264 e. The summed E-state index contributed by atoms with van der Waals surface area (Å²) in [5.74, 6) is -1.39. The van der Waals surface area contributed by atoms with Crippen LogP contribution in [0, 0.1) is 12.7 Å². The highest BCUT2D eigenvalue weighted by Gasteiger charge is 2.25. The minimum absolute atomic E-state index is 0.0496. The van der Waals surface area contributed by atoms with Crippen LogP contribution < -0.4 is 10.0 Å². The van der Waals surface area contributed by atoms with Gasteiger partial charge in [-0.1, -0.05) is 46.6 Å². The third-order valence-electron chi connectivity index (χ3n) is 4.79. The molecule has 11 heteroatoms. The predicted octanol–water partition coefficient (Wildman–Crippen LogP) is 6.15. The van der Waals surface area contributed by atoms with E-state index in [9.17, 15) is 17.6 Å². The lowest BCUT2D eigenvalue weighted by molar-refractivity contribution is 0.102. The van der Waals surface area contributed by atoms with Crippen LogP contribution in [0.15, 0.2) is 76.1 Å². The summed E-state index contributed by atoms with van der Waals surface area (Å²) >= 11 is 12.0. The molecule has 4 rings (SSSR count). The maximum Gasteiger partial charge on any atom is 0.264 e. The zero-order valence-electron chi connectivity index (χ0n) is 17.5. The Hall–Kier alpha value is -3.40. The summed E-state index contributed by atoms with van der Waals surface area (Å²) in [7, 11) is -4.30. The van der Waals surface area contributed by atoms with Crippen LogP contribution in [-0.4, -0.2) is 19.5 Å². The van der Waals surface area contributed by atoms with Crippen molar-refractivity contribution in [1.29, 1.82) is 0 Å². The van der Waals surface area contributed by atoms with Gasteiger partial charge in [-0.25, -0.2) is 12.8 Å². The number of aryl methyl sites for hydroxylation is 1. The molecule has 1 heterocycles. The van der Waals surface area contributed by atoms with Crippen molar-refractivity contribution < 1.29 is 22.1 Å². The Balaban J connectivity index is 1.64. The lowest BCUT2D eigenvalue weighted by Crippen LogP contribution is -2.17. The summed E-state index contributed by atoms with van der Waals surface area (Å²) in [4.78, 5) is 12.4. The molecule has 174 valence electrons. The Bertz CT molecular complexity index is 1490. The summed E-state index contributed by atoms with van der Waals surface area (Å²) < 4.78 is 47.4. The third kappa shape index (κ3) is 4.91. The van der Waals surface area contributed by atoms with Gasteiger partial charge in [0.25, 0.3) is 15.9 Å².